The van der Waals surface area contributed by atoms with Crippen LogP contribution in [0, 0.1) is 23.3 Å². The average molecular weight is 827 g/mol. The molecule has 0 N–H and O–H groups in total. The molecule has 0 bridgehead atoms. The maximum atomic E-state index is 15.7. The predicted molar refractivity (Wildman–Crippen MR) is 240 cm³/mol. The van der Waals surface area contributed by atoms with Crippen LogP contribution in [0.1, 0.15) is 0 Å². The third-order valence-electron chi connectivity index (χ3n) is 10.8. The molecule has 0 aliphatic carbocycles. The number of nitrogens with zero attached hydrogens (tertiary/aromatic N) is 4. The van der Waals surface area contributed by atoms with Crippen LogP contribution in [0.15, 0.2) is 182 Å². The third kappa shape index (κ3) is 5.86. The zero-order valence-electron chi connectivity index (χ0n) is 31.4. The maximum Gasteiger partial charge on any atom is 0.150 e. The van der Waals surface area contributed by atoms with Gasteiger partial charge >= 0.3 is 0 Å². The molecule has 0 saturated heterocycles. The van der Waals surface area contributed by atoms with Crippen LogP contribution in [0.3, 0.4) is 0 Å². The van der Waals surface area contributed by atoms with Gasteiger partial charge in [0.15, 0.2) is 0 Å². The predicted octanol–water partition coefficient (Wildman–Crippen LogP) is 15.5. The maximum absolute atomic E-state index is 15.7. The van der Waals surface area contributed by atoms with E-state index in [0.29, 0.717) is 0 Å². The lowest BCUT2D eigenvalue weighted by Crippen LogP contribution is -2.10. The lowest BCUT2D eigenvalue weighted by molar-refractivity contribution is 0.583. The molecule has 0 radical (unpaired) electrons. The minimum Gasteiger partial charge on any atom is -0.308 e. The van der Waals surface area contributed by atoms with Gasteiger partial charge in [-0.05, 0) is 97.1 Å². The Morgan fingerprint density at radius 1 is 0.367 bits per heavy atom. The third-order valence-corrected chi connectivity index (χ3v) is 13.1. The molecule has 60 heavy (non-hydrogen) atoms. The Morgan fingerprint density at radius 3 is 1.10 bits per heavy atom. The van der Waals surface area contributed by atoms with Gasteiger partial charge in [0.2, 0.25) is 0 Å². The minimum absolute atomic E-state index is 0.239. The van der Waals surface area contributed by atoms with Crippen LogP contribution in [-0.4, -0.2) is 9.13 Å². The molecule has 0 fully saturated rings. The number of halogens is 4. The van der Waals surface area contributed by atoms with Gasteiger partial charge in [-0.15, -0.1) is 22.7 Å². The molecule has 10 heteroatoms. The van der Waals surface area contributed by atoms with Crippen molar-refractivity contribution in [3.63, 3.8) is 0 Å². The molecule has 0 saturated carbocycles. The minimum atomic E-state index is -0.664. The van der Waals surface area contributed by atoms with Crippen molar-refractivity contribution in [1.82, 2.24) is 9.13 Å². The molecule has 0 unspecified atom stereocenters. The van der Waals surface area contributed by atoms with Gasteiger partial charge in [0.25, 0.3) is 0 Å². The Labute approximate surface area is 349 Å². The van der Waals surface area contributed by atoms with E-state index in [4.69, 9.17) is 0 Å². The highest BCUT2D eigenvalue weighted by Crippen LogP contribution is 2.50. The van der Waals surface area contributed by atoms with Gasteiger partial charge in [-0.1, -0.05) is 72.8 Å². The summed E-state index contributed by atoms with van der Waals surface area (Å²) < 4.78 is 66.3. The van der Waals surface area contributed by atoms with Gasteiger partial charge in [-0.25, -0.2) is 17.6 Å². The highest BCUT2D eigenvalue weighted by molar-refractivity contribution is 7.24. The van der Waals surface area contributed by atoms with E-state index in [1.165, 1.54) is 24.3 Å². The van der Waals surface area contributed by atoms with E-state index in [0.717, 1.165) is 87.1 Å². The van der Waals surface area contributed by atoms with E-state index in [-0.39, 0.29) is 11.4 Å². The van der Waals surface area contributed by atoms with Gasteiger partial charge in [0.1, 0.15) is 33.3 Å². The summed E-state index contributed by atoms with van der Waals surface area (Å²) >= 11 is 3.09. The summed E-state index contributed by atoms with van der Waals surface area (Å²) in [6, 6.07) is 55.3. The molecule has 0 atom stereocenters. The van der Waals surface area contributed by atoms with Crippen LogP contribution in [-0.2, 0) is 0 Å². The lowest BCUT2D eigenvalue weighted by atomic mass is 10.2. The molecular weight excluding hydrogens is 797 g/mol. The second-order valence-corrected chi connectivity index (χ2v) is 16.4. The van der Waals surface area contributed by atoms with E-state index in [1.807, 2.05) is 107 Å². The molecule has 11 rings (SSSR count). The van der Waals surface area contributed by atoms with Crippen LogP contribution >= 0.6 is 22.7 Å². The van der Waals surface area contributed by atoms with E-state index in [9.17, 15) is 8.78 Å². The quantitative estimate of drug-likeness (QED) is 0.142. The Kier molecular flexibility index (Phi) is 8.57. The molecular formula is C50H30F4N4S2. The summed E-state index contributed by atoms with van der Waals surface area (Å²) in [6.45, 7) is 0. The van der Waals surface area contributed by atoms with E-state index in [2.05, 4.69) is 57.7 Å². The highest BCUT2D eigenvalue weighted by atomic mass is 32.1. The van der Waals surface area contributed by atoms with Crippen molar-refractivity contribution in [2.45, 2.75) is 0 Å². The summed E-state index contributed by atoms with van der Waals surface area (Å²) in [6.07, 6.45) is 0. The van der Waals surface area contributed by atoms with Crippen LogP contribution in [0.2, 0.25) is 0 Å². The van der Waals surface area contributed by atoms with Gasteiger partial charge in [0.05, 0.1) is 42.8 Å². The SMILES string of the molecule is Fc1ccc(N(c2ccccc2)c2cc3c(s2)c2cc4c(cc2n3-c2ccccc2)c2sc(N(c3ccccc3)c3ccc(F)cc3F)cc2n4-c2ccccc2)c(F)c1. The van der Waals surface area contributed by atoms with Crippen molar-refractivity contribution < 1.29 is 17.6 Å². The molecule has 290 valence electrons. The van der Waals surface area contributed by atoms with Crippen LogP contribution in [0.5, 0.6) is 0 Å². The van der Waals surface area contributed by atoms with Gasteiger partial charge in [-0.3, -0.25) is 9.80 Å². The fourth-order valence-corrected chi connectivity index (χ4v) is 10.6. The highest BCUT2D eigenvalue weighted by Gasteiger charge is 2.27. The number of benzene rings is 7. The number of fused-ring (bicyclic) bond motifs is 6. The second-order valence-electron chi connectivity index (χ2n) is 14.4. The number of rotatable bonds is 8. The number of hydrogen-bond donors (Lipinski definition) is 0. The molecule has 11 aromatic rings. The number of thiophene rings is 2. The normalized spacial score (nSPS) is 11.7. The van der Waals surface area contributed by atoms with Crippen molar-refractivity contribution in [2.75, 3.05) is 9.80 Å². The molecule has 0 spiro atoms. The molecule has 7 aromatic carbocycles. The fraction of sp³-hybridized carbons (Fsp3) is 0. The molecule has 4 aromatic heterocycles. The van der Waals surface area contributed by atoms with Crippen molar-refractivity contribution in [1.29, 1.82) is 0 Å². The first-order valence-electron chi connectivity index (χ1n) is 19.2. The molecule has 4 nitrogen and oxygen atoms in total. The van der Waals surface area contributed by atoms with Gasteiger partial charge < -0.3 is 9.13 Å². The molecule has 4 heterocycles. The van der Waals surface area contributed by atoms with E-state index in [1.54, 1.807) is 22.7 Å². The first-order valence-corrected chi connectivity index (χ1v) is 20.8. The summed E-state index contributed by atoms with van der Waals surface area (Å²) in [4.78, 5) is 3.68. The molecule has 0 aliphatic rings. The average Bonchev–Trinajstić information content (AvgIpc) is 4.02. The Balaban J connectivity index is 1.20. The van der Waals surface area contributed by atoms with Crippen molar-refractivity contribution in [3.8, 4) is 11.4 Å². The first kappa shape index (κ1) is 36.0. The largest absolute Gasteiger partial charge is 0.308 e. The van der Waals surface area contributed by atoms with Crippen molar-refractivity contribution >= 4 is 97.7 Å². The fourth-order valence-electron chi connectivity index (χ4n) is 8.21. The molecule has 0 aliphatic heterocycles. The smallest absolute Gasteiger partial charge is 0.150 e. The molecule has 0 amide bonds. The Bertz CT molecular complexity index is 3150. The summed E-state index contributed by atoms with van der Waals surface area (Å²) in [5.74, 6) is -2.62. The number of aromatic nitrogens is 2. The Morgan fingerprint density at radius 2 is 0.733 bits per heavy atom. The Hall–Kier alpha value is -7.14. The van der Waals surface area contributed by atoms with Crippen molar-refractivity contribution in [2.24, 2.45) is 0 Å². The zero-order valence-corrected chi connectivity index (χ0v) is 33.1. The number of para-hydroxylation sites is 4. The van der Waals surface area contributed by atoms with Crippen LogP contribution in [0.25, 0.3) is 53.6 Å². The monoisotopic (exact) mass is 826 g/mol. The lowest BCUT2D eigenvalue weighted by Gasteiger charge is -2.24. The first-order chi connectivity index (χ1) is 29.4. The van der Waals surface area contributed by atoms with Gasteiger partial charge in [-0.2, -0.15) is 0 Å². The number of hydrogen-bond acceptors (Lipinski definition) is 4. The topological polar surface area (TPSA) is 16.3 Å². The number of anilines is 6. The second kappa shape index (κ2) is 14.3. The summed E-state index contributed by atoms with van der Waals surface area (Å²) in [5, 5.41) is 3.54. The van der Waals surface area contributed by atoms with E-state index >= 15 is 8.78 Å². The van der Waals surface area contributed by atoms with E-state index < -0.39 is 23.3 Å². The zero-order chi connectivity index (χ0) is 40.5. The van der Waals surface area contributed by atoms with Gasteiger partial charge in [0, 0.05) is 45.7 Å². The van der Waals surface area contributed by atoms with Crippen LogP contribution in [0.4, 0.5) is 50.3 Å². The summed E-state index contributed by atoms with van der Waals surface area (Å²) in [5.41, 5.74) is 7.69. The summed E-state index contributed by atoms with van der Waals surface area (Å²) in [7, 11) is 0. The standard InChI is InChI=1S/C50H30F4N4S2/c51-31-21-23-41(39(53)25-31)57(35-17-9-3-10-18-35)47-29-45-49(59-47)37-28-44-38(27-43(37)55(45)33-13-5-1-6-14-33)50-46(56(44)34-15-7-2-8-16-34)30-48(60-50)58(36-19-11-4-12-20-36)42-24-22-32(52)26-40(42)54/h1-30H. The van der Waals surface area contributed by atoms with Crippen molar-refractivity contribution in [3.05, 3.63) is 205 Å². The van der Waals surface area contributed by atoms with Crippen LogP contribution < -0.4 is 9.80 Å².